The van der Waals surface area contributed by atoms with Crippen LogP contribution in [0.25, 0.3) is 11.1 Å². The summed E-state index contributed by atoms with van der Waals surface area (Å²) in [6, 6.07) is 24.4. The highest BCUT2D eigenvalue weighted by Gasteiger charge is 2.31. The summed E-state index contributed by atoms with van der Waals surface area (Å²) in [5.74, 6) is 0.249. The lowest BCUT2D eigenvalue weighted by Gasteiger charge is -2.18. The summed E-state index contributed by atoms with van der Waals surface area (Å²) in [4.78, 5) is 37.0. The molecule has 1 aliphatic heterocycles. The number of nitrogens with one attached hydrogen (secondary N) is 1. The van der Waals surface area contributed by atoms with Crippen molar-refractivity contribution in [2.75, 3.05) is 11.9 Å². The monoisotopic (exact) mass is 432 g/mol. The molecule has 3 amide bonds. The van der Waals surface area contributed by atoms with Gasteiger partial charge in [0.25, 0.3) is 5.24 Å². The summed E-state index contributed by atoms with van der Waals surface area (Å²) in [6.07, 6.45) is 0.0250. The lowest BCUT2D eigenvalue weighted by atomic mass is 10.0. The van der Waals surface area contributed by atoms with Crippen molar-refractivity contribution in [2.45, 2.75) is 11.7 Å². The summed E-state index contributed by atoms with van der Waals surface area (Å²) in [7, 11) is 1.67. The number of ether oxygens (including phenoxy) is 1. The van der Waals surface area contributed by atoms with Crippen LogP contribution in [0.4, 0.5) is 15.3 Å². The molecule has 156 valence electrons. The Kier molecular flexibility index (Phi) is 6.04. The minimum Gasteiger partial charge on any atom is -0.410 e. The molecule has 0 aromatic heterocycles. The number of carbonyl (C=O) groups is 3. The molecule has 0 radical (unpaired) electrons. The van der Waals surface area contributed by atoms with Gasteiger partial charge in [-0.05, 0) is 47.4 Å². The number of hydrogen-bond donors (Lipinski definition) is 1. The Labute approximate surface area is 184 Å². The van der Waals surface area contributed by atoms with Crippen molar-refractivity contribution in [1.82, 2.24) is 5.32 Å². The number of rotatable bonds is 5. The largest absolute Gasteiger partial charge is 0.419 e. The SMILES string of the molecule is CN(C(=O)Oc1ccccc1)c1cccc(-c2ccc(CC3SC(=O)NC3=O)cc2)c1. The quantitative estimate of drug-likeness (QED) is 0.622. The highest BCUT2D eigenvalue weighted by atomic mass is 32.2. The Hall–Kier alpha value is -3.58. The number of para-hydroxylation sites is 1. The lowest BCUT2D eigenvalue weighted by molar-refractivity contribution is -0.118. The standard InChI is InChI=1S/C24H20N2O4S/c1-26(24(29)30-20-8-3-2-4-9-20)19-7-5-6-18(15-19)17-12-10-16(11-13-17)14-21-22(27)25-23(28)31-21/h2-13,15,21H,14H2,1H3,(H,25,27,28). The number of thioether (sulfide) groups is 1. The second-order valence-corrected chi connectivity index (χ2v) is 8.25. The third-order valence-electron chi connectivity index (χ3n) is 4.93. The highest BCUT2D eigenvalue weighted by molar-refractivity contribution is 8.15. The zero-order chi connectivity index (χ0) is 21.8. The Balaban J connectivity index is 1.45. The summed E-state index contributed by atoms with van der Waals surface area (Å²) in [6.45, 7) is 0. The van der Waals surface area contributed by atoms with Gasteiger partial charge in [-0.3, -0.25) is 19.8 Å². The maximum Gasteiger partial charge on any atom is 0.419 e. The van der Waals surface area contributed by atoms with Gasteiger partial charge in [0.2, 0.25) is 5.91 Å². The van der Waals surface area contributed by atoms with Gasteiger partial charge in [0, 0.05) is 12.7 Å². The van der Waals surface area contributed by atoms with E-state index in [1.54, 1.807) is 19.2 Å². The lowest BCUT2D eigenvalue weighted by Crippen LogP contribution is -2.29. The van der Waals surface area contributed by atoms with Crippen LogP contribution in [0, 0.1) is 0 Å². The molecule has 0 spiro atoms. The first-order valence-corrected chi connectivity index (χ1v) is 10.6. The van der Waals surface area contributed by atoms with Gasteiger partial charge in [-0.2, -0.15) is 0 Å². The summed E-state index contributed by atoms with van der Waals surface area (Å²) < 4.78 is 5.40. The van der Waals surface area contributed by atoms with Gasteiger partial charge in [-0.1, -0.05) is 66.4 Å². The smallest absolute Gasteiger partial charge is 0.410 e. The number of carbonyl (C=O) groups excluding carboxylic acids is 3. The first-order chi connectivity index (χ1) is 15.0. The molecule has 6 nitrogen and oxygen atoms in total. The maximum atomic E-state index is 12.5. The van der Waals surface area contributed by atoms with Crippen LogP contribution in [-0.4, -0.2) is 29.5 Å². The van der Waals surface area contributed by atoms with E-state index in [1.807, 2.05) is 66.7 Å². The topological polar surface area (TPSA) is 75.7 Å². The third kappa shape index (κ3) is 4.95. The fourth-order valence-corrected chi connectivity index (χ4v) is 4.09. The first kappa shape index (κ1) is 20.7. The number of amides is 3. The molecule has 3 aromatic rings. The van der Waals surface area contributed by atoms with E-state index >= 15 is 0 Å². The van der Waals surface area contributed by atoms with E-state index in [0.717, 1.165) is 28.5 Å². The number of anilines is 1. The average molecular weight is 433 g/mol. The molecule has 3 aromatic carbocycles. The minimum absolute atomic E-state index is 0.239. The number of hydrogen-bond acceptors (Lipinski definition) is 5. The number of nitrogens with zero attached hydrogens (tertiary/aromatic N) is 1. The Morgan fingerprint density at radius 3 is 2.39 bits per heavy atom. The molecule has 1 atom stereocenters. The second-order valence-electron chi connectivity index (χ2n) is 7.07. The second kappa shape index (κ2) is 9.06. The van der Waals surface area contributed by atoms with Crippen molar-refractivity contribution in [1.29, 1.82) is 0 Å². The van der Waals surface area contributed by atoms with Crippen molar-refractivity contribution in [2.24, 2.45) is 0 Å². The summed E-state index contributed by atoms with van der Waals surface area (Å²) in [5, 5.41) is 1.63. The van der Waals surface area contributed by atoms with Crippen LogP contribution in [-0.2, 0) is 11.2 Å². The zero-order valence-corrected chi connectivity index (χ0v) is 17.6. The molecule has 1 N–H and O–H groups in total. The van der Waals surface area contributed by atoms with Crippen molar-refractivity contribution < 1.29 is 19.1 Å². The molecule has 4 rings (SSSR count). The van der Waals surface area contributed by atoms with E-state index in [4.69, 9.17) is 4.74 Å². The molecule has 0 bridgehead atoms. The molecule has 1 aliphatic rings. The normalized spacial score (nSPS) is 15.5. The molecular formula is C24H20N2O4S. The van der Waals surface area contributed by atoms with Gasteiger partial charge in [0.15, 0.2) is 0 Å². The van der Waals surface area contributed by atoms with Gasteiger partial charge in [0.05, 0.1) is 5.25 Å². The summed E-state index contributed by atoms with van der Waals surface area (Å²) in [5.41, 5.74) is 3.62. The molecule has 1 saturated heterocycles. The highest BCUT2D eigenvalue weighted by Crippen LogP contribution is 2.27. The van der Waals surface area contributed by atoms with E-state index in [9.17, 15) is 14.4 Å². The van der Waals surface area contributed by atoms with E-state index in [0.29, 0.717) is 17.9 Å². The number of benzene rings is 3. The molecular weight excluding hydrogens is 412 g/mol. The molecule has 1 unspecified atom stereocenters. The fraction of sp³-hybridized carbons (Fsp3) is 0.125. The van der Waals surface area contributed by atoms with Crippen LogP contribution in [0.2, 0.25) is 0 Å². The summed E-state index contributed by atoms with van der Waals surface area (Å²) >= 11 is 1.03. The van der Waals surface area contributed by atoms with Crippen LogP contribution in [0.3, 0.4) is 0 Å². The van der Waals surface area contributed by atoms with Crippen molar-refractivity contribution in [3.8, 4) is 16.9 Å². The van der Waals surface area contributed by atoms with E-state index < -0.39 is 6.09 Å². The van der Waals surface area contributed by atoms with Gasteiger partial charge >= 0.3 is 6.09 Å². The fourth-order valence-electron chi connectivity index (χ4n) is 3.23. The average Bonchev–Trinajstić information content (AvgIpc) is 3.11. The van der Waals surface area contributed by atoms with Crippen molar-refractivity contribution in [3.63, 3.8) is 0 Å². The predicted octanol–water partition coefficient (Wildman–Crippen LogP) is 4.88. The van der Waals surface area contributed by atoms with E-state index in [-0.39, 0.29) is 16.4 Å². The Morgan fingerprint density at radius 2 is 1.71 bits per heavy atom. The van der Waals surface area contributed by atoms with Crippen LogP contribution in [0.5, 0.6) is 5.75 Å². The molecule has 1 fully saturated rings. The van der Waals surface area contributed by atoms with Crippen LogP contribution < -0.4 is 15.0 Å². The first-order valence-electron chi connectivity index (χ1n) is 9.71. The Bertz CT molecular complexity index is 1120. The van der Waals surface area contributed by atoms with E-state index in [1.165, 1.54) is 4.90 Å². The minimum atomic E-state index is -0.472. The molecule has 7 heteroatoms. The number of imide groups is 1. The predicted molar refractivity (Wildman–Crippen MR) is 121 cm³/mol. The van der Waals surface area contributed by atoms with Gasteiger partial charge in [0.1, 0.15) is 5.75 Å². The Morgan fingerprint density at radius 1 is 0.968 bits per heavy atom. The zero-order valence-electron chi connectivity index (χ0n) is 16.8. The van der Waals surface area contributed by atoms with Gasteiger partial charge in [-0.15, -0.1) is 0 Å². The molecule has 1 heterocycles. The van der Waals surface area contributed by atoms with Crippen LogP contribution in [0.15, 0.2) is 78.9 Å². The van der Waals surface area contributed by atoms with Crippen LogP contribution >= 0.6 is 11.8 Å². The molecule has 31 heavy (non-hydrogen) atoms. The third-order valence-corrected chi connectivity index (χ3v) is 5.91. The van der Waals surface area contributed by atoms with Gasteiger partial charge in [-0.25, -0.2) is 4.79 Å². The van der Waals surface area contributed by atoms with E-state index in [2.05, 4.69) is 5.32 Å². The molecule has 0 aliphatic carbocycles. The van der Waals surface area contributed by atoms with Crippen LogP contribution in [0.1, 0.15) is 5.56 Å². The molecule has 0 saturated carbocycles. The van der Waals surface area contributed by atoms with Crippen molar-refractivity contribution in [3.05, 3.63) is 84.4 Å². The van der Waals surface area contributed by atoms with Crippen molar-refractivity contribution >= 4 is 34.7 Å². The maximum absolute atomic E-state index is 12.5. The van der Waals surface area contributed by atoms with Gasteiger partial charge < -0.3 is 4.74 Å².